The van der Waals surface area contributed by atoms with Crippen LogP contribution in [0.2, 0.25) is 0 Å². The highest BCUT2D eigenvalue weighted by Gasteiger charge is 2.10. The molecule has 2 rings (SSSR count). The lowest BCUT2D eigenvalue weighted by Gasteiger charge is -2.03. The number of nitrogens with two attached hydrogens (primary N) is 1. The van der Waals surface area contributed by atoms with E-state index < -0.39 is 0 Å². The van der Waals surface area contributed by atoms with Crippen LogP contribution >= 0.6 is 15.9 Å². The zero-order valence-electron chi connectivity index (χ0n) is 8.97. The molecule has 1 aromatic carbocycles. The second kappa shape index (κ2) is 4.76. The highest BCUT2D eigenvalue weighted by atomic mass is 79.9. The van der Waals surface area contributed by atoms with Crippen LogP contribution in [-0.2, 0) is 0 Å². The molecule has 0 aliphatic carbocycles. The lowest BCUT2D eigenvalue weighted by atomic mass is 10.2. The predicted molar refractivity (Wildman–Crippen MR) is 66.3 cm³/mol. The summed E-state index contributed by atoms with van der Waals surface area (Å²) in [7, 11) is 0. The van der Waals surface area contributed by atoms with Gasteiger partial charge in [0.2, 0.25) is 0 Å². The van der Waals surface area contributed by atoms with E-state index in [1.807, 2.05) is 37.4 Å². The van der Waals surface area contributed by atoms with Gasteiger partial charge in [0.25, 0.3) is 0 Å². The molecule has 0 aliphatic rings. The standard InChI is InChI=1S/C11H13BrN4/c1-2-9(13)10-7-16(15-14-10)11-6-4-3-5-8(11)12/h3-7,9H,2,13H2,1H3. The second-order valence-electron chi connectivity index (χ2n) is 3.55. The van der Waals surface area contributed by atoms with Gasteiger partial charge < -0.3 is 5.73 Å². The molecule has 0 saturated carbocycles. The van der Waals surface area contributed by atoms with E-state index in [0.717, 1.165) is 22.3 Å². The summed E-state index contributed by atoms with van der Waals surface area (Å²) < 4.78 is 2.71. The van der Waals surface area contributed by atoms with Gasteiger partial charge in [-0.3, -0.25) is 0 Å². The predicted octanol–water partition coefficient (Wildman–Crippen LogP) is 2.44. The van der Waals surface area contributed by atoms with Gasteiger partial charge in [0.05, 0.1) is 23.6 Å². The molecule has 0 saturated heterocycles. The molecule has 1 heterocycles. The molecule has 1 aromatic heterocycles. The Labute approximate surface area is 103 Å². The minimum atomic E-state index is -0.0452. The van der Waals surface area contributed by atoms with Crippen LogP contribution in [0.1, 0.15) is 25.1 Å². The van der Waals surface area contributed by atoms with Crippen LogP contribution in [0, 0.1) is 0 Å². The van der Waals surface area contributed by atoms with Crippen molar-refractivity contribution in [3.05, 3.63) is 40.6 Å². The van der Waals surface area contributed by atoms with Gasteiger partial charge in [0.1, 0.15) is 0 Å². The third kappa shape index (κ3) is 2.15. The van der Waals surface area contributed by atoms with Crippen molar-refractivity contribution >= 4 is 15.9 Å². The van der Waals surface area contributed by atoms with E-state index in [1.165, 1.54) is 0 Å². The average molecular weight is 281 g/mol. The Morgan fingerprint density at radius 1 is 1.44 bits per heavy atom. The van der Waals surface area contributed by atoms with E-state index in [2.05, 4.69) is 26.2 Å². The third-order valence-corrected chi connectivity index (χ3v) is 3.10. The first-order chi connectivity index (χ1) is 7.72. The molecule has 4 nitrogen and oxygen atoms in total. The van der Waals surface area contributed by atoms with Crippen LogP contribution < -0.4 is 5.73 Å². The summed E-state index contributed by atoms with van der Waals surface area (Å²) in [5.74, 6) is 0. The fraction of sp³-hybridized carbons (Fsp3) is 0.273. The molecule has 1 unspecified atom stereocenters. The van der Waals surface area contributed by atoms with Gasteiger partial charge in [-0.1, -0.05) is 24.3 Å². The summed E-state index contributed by atoms with van der Waals surface area (Å²) >= 11 is 3.48. The number of rotatable bonds is 3. The summed E-state index contributed by atoms with van der Waals surface area (Å²) in [4.78, 5) is 0. The van der Waals surface area contributed by atoms with Crippen molar-refractivity contribution in [1.29, 1.82) is 0 Å². The molecule has 0 spiro atoms. The quantitative estimate of drug-likeness (QED) is 0.940. The smallest absolute Gasteiger partial charge is 0.0998 e. The van der Waals surface area contributed by atoms with E-state index in [-0.39, 0.29) is 6.04 Å². The zero-order chi connectivity index (χ0) is 11.5. The van der Waals surface area contributed by atoms with Gasteiger partial charge in [0.15, 0.2) is 0 Å². The second-order valence-corrected chi connectivity index (χ2v) is 4.41. The fourth-order valence-corrected chi connectivity index (χ4v) is 1.88. The Balaban J connectivity index is 2.35. The van der Waals surface area contributed by atoms with Crippen molar-refractivity contribution in [3.8, 4) is 5.69 Å². The van der Waals surface area contributed by atoms with Crippen molar-refractivity contribution in [2.75, 3.05) is 0 Å². The van der Waals surface area contributed by atoms with Gasteiger partial charge in [-0.2, -0.15) is 0 Å². The minimum absolute atomic E-state index is 0.0452. The van der Waals surface area contributed by atoms with Crippen LogP contribution in [0.4, 0.5) is 0 Å². The molecule has 0 aliphatic heterocycles. The highest BCUT2D eigenvalue weighted by Crippen LogP contribution is 2.20. The van der Waals surface area contributed by atoms with Gasteiger partial charge in [-0.25, -0.2) is 4.68 Å². The molecule has 2 N–H and O–H groups in total. The van der Waals surface area contributed by atoms with Gasteiger partial charge in [-0.05, 0) is 34.5 Å². The number of nitrogens with zero attached hydrogens (tertiary/aromatic N) is 3. The van der Waals surface area contributed by atoms with E-state index >= 15 is 0 Å². The van der Waals surface area contributed by atoms with Gasteiger partial charge in [-0.15, -0.1) is 5.10 Å². The first kappa shape index (κ1) is 11.3. The molecule has 16 heavy (non-hydrogen) atoms. The van der Waals surface area contributed by atoms with E-state index in [1.54, 1.807) is 4.68 Å². The van der Waals surface area contributed by atoms with Crippen molar-refractivity contribution < 1.29 is 0 Å². The molecule has 0 amide bonds. The molecular weight excluding hydrogens is 268 g/mol. The van der Waals surface area contributed by atoms with Crippen LogP contribution in [0.5, 0.6) is 0 Å². The largest absolute Gasteiger partial charge is 0.323 e. The molecule has 0 fully saturated rings. The van der Waals surface area contributed by atoms with E-state index in [9.17, 15) is 0 Å². The SMILES string of the molecule is CCC(N)c1cn(-c2ccccc2Br)nn1. The van der Waals surface area contributed by atoms with Crippen molar-refractivity contribution in [3.63, 3.8) is 0 Å². The number of hydrogen-bond donors (Lipinski definition) is 1. The fourth-order valence-electron chi connectivity index (χ4n) is 1.41. The summed E-state index contributed by atoms with van der Waals surface area (Å²) in [6.45, 7) is 2.03. The normalized spacial score (nSPS) is 12.7. The van der Waals surface area contributed by atoms with Crippen LogP contribution in [0.25, 0.3) is 5.69 Å². The maximum atomic E-state index is 5.90. The van der Waals surface area contributed by atoms with Crippen LogP contribution in [-0.4, -0.2) is 15.0 Å². The summed E-state index contributed by atoms with van der Waals surface area (Å²) in [5.41, 5.74) is 7.68. The van der Waals surface area contributed by atoms with Crippen LogP contribution in [0.3, 0.4) is 0 Å². The lowest BCUT2D eigenvalue weighted by molar-refractivity contribution is 0.670. The molecule has 0 radical (unpaired) electrons. The average Bonchev–Trinajstić information content (AvgIpc) is 2.78. The first-order valence-corrected chi connectivity index (χ1v) is 5.94. The maximum Gasteiger partial charge on any atom is 0.0998 e. The molecule has 84 valence electrons. The number of para-hydroxylation sites is 1. The van der Waals surface area contributed by atoms with Crippen LogP contribution in [0.15, 0.2) is 34.9 Å². The molecule has 5 heteroatoms. The molecule has 1 atom stereocenters. The lowest BCUT2D eigenvalue weighted by Crippen LogP contribution is -2.08. The number of halogens is 1. The molecule has 0 bridgehead atoms. The Morgan fingerprint density at radius 2 is 2.19 bits per heavy atom. The van der Waals surface area contributed by atoms with Crippen molar-refractivity contribution in [1.82, 2.24) is 15.0 Å². The summed E-state index contributed by atoms with van der Waals surface area (Å²) in [6.07, 6.45) is 2.73. The Bertz CT molecular complexity index is 480. The Kier molecular flexibility index (Phi) is 3.36. The highest BCUT2D eigenvalue weighted by molar-refractivity contribution is 9.10. The number of aromatic nitrogens is 3. The molecular formula is C11H13BrN4. The number of benzene rings is 1. The van der Waals surface area contributed by atoms with Gasteiger partial charge in [0, 0.05) is 4.47 Å². The topological polar surface area (TPSA) is 56.7 Å². The minimum Gasteiger partial charge on any atom is -0.323 e. The van der Waals surface area contributed by atoms with E-state index in [0.29, 0.717) is 0 Å². The molecule has 2 aromatic rings. The monoisotopic (exact) mass is 280 g/mol. The summed E-state index contributed by atoms with van der Waals surface area (Å²) in [5, 5.41) is 8.14. The number of hydrogen-bond acceptors (Lipinski definition) is 3. The van der Waals surface area contributed by atoms with Crippen molar-refractivity contribution in [2.45, 2.75) is 19.4 Å². The summed E-state index contributed by atoms with van der Waals surface area (Å²) in [6, 6.07) is 7.82. The van der Waals surface area contributed by atoms with Gasteiger partial charge >= 0.3 is 0 Å². The maximum absolute atomic E-state index is 5.90. The Morgan fingerprint density at radius 3 is 2.88 bits per heavy atom. The first-order valence-electron chi connectivity index (χ1n) is 5.15. The van der Waals surface area contributed by atoms with E-state index in [4.69, 9.17) is 5.73 Å². The zero-order valence-corrected chi connectivity index (χ0v) is 10.6. The Hall–Kier alpha value is -1.20. The van der Waals surface area contributed by atoms with Crippen molar-refractivity contribution in [2.24, 2.45) is 5.73 Å². The third-order valence-electron chi connectivity index (χ3n) is 2.43.